The topological polar surface area (TPSA) is 126 Å². The Morgan fingerprint density at radius 2 is 1.40 bits per heavy atom. The van der Waals surface area contributed by atoms with E-state index in [1.807, 2.05) is 84.2 Å². The number of aromatic nitrogens is 6. The molecule has 3 N–H and O–H groups in total. The van der Waals surface area contributed by atoms with Gasteiger partial charge in [-0.2, -0.15) is 4.98 Å². The van der Waals surface area contributed by atoms with E-state index >= 15 is 0 Å². The minimum atomic E-state index is -0.267. The van der Waals surface area contributed by atoms with E-state index in [0.717, 1.165) is 28.5 Å². The average Bonchev–Trinajstić information content (AvgIpc) is 3.47. The van der Waals surface area contributed by atoms with E-state index in [0.29, 0.717) is 5.69 Å². The monoisotopic (exact) mass is 468 g/mol. The minimum Gasteiger partial charge on any atom is -0.334 e. The highest BCUT2D eigenvalue weighted by Gasteiger charge is 2.22. The minimum absolute atomic E-state index is 0.125. The number of aryl methyl sites for hydroxylation is 2. The predicted octanol–water partition coefficient (Wildman–Crippen LogP) is 4.56. The maximum Gasteiger partial charge on any atom is 0.376 e. The molecular formula is C24H22N9O2+. The molecule has 0 aliphatic rings. The summed E-state index contributed by atoms with van der Waals surface area (Å²) >= 11 is 0. The molecular weight excluding hydrogens is 446 g/mol. The van der Waals surface area contributed by atoms with E-state index in [9.17, 15) is 10.1 Å². The summed E-state index contributed by atoms with van der Waals surface area (Å²) in [5.74, 6) is 1.99. The van der Waals surface area contributed by atoms with E-state index in [2.05, 4.69) is 30.6 Å². The normalized spacial score (nSPS) is 10.8. The number of rotatable bonds is 7. The van der Waals surface area contributed by atoms with Gasteiger partial charge in [0.1, 0.15) is 17.8 Å². The molecule has 11 nitrogen and oxygen atoms in total. The number of hydrogen-bond donors (Lipinski definition) is 3. The number of benzene rings is 2. The Balaban J connectivity index is 1.44. The Bertz CT molecular complexity index is 1520. The quantitative estimate of drug-likeness (QED) is 0.297. The van der Waals surface area contributed by atoms with Crippen LogP contribution in [0.15, 0.2) is 79.5 Å². The Kier molecular flexibility index (Phi) is 5.63. The Labute approximate surface area is 200 Å². The van der Waals surface area contributed by atoms with Crippen LogP contribution in [0.5, 0.6) is 0 Å². The standard InChI is InChI=1S/C24H22N9O2/c1-31-11-9-25-22(31)16-5-3-7-18(13-16)28-21-20(33(34)35)15-27-24(30-21)29-19-8-4-6-17(14-19)23-26-10-12-32(23)2/h3-15H,1-2H3,(H,34,35)(H2,27,28,29,30)/q+1. The first-order valence-electron chi connectivity index (χ1n) is 10.7. The van der Waals surface area contributed by atoms with E-state index in [-0.39, 0.29) is 22.4 Å². The second-order valence-corrected chi connectivity index (χ2v) is 7.84. The molecule has 0 unspecified atom stereocenters. The summed E-state index contributed by atoms with van der Waals surface area (Å²) in [5.41, 5.74) is 3.08. The van der Waals surface area contributed by atoms with Gasteiger partial charge < -0.3 is 19.8 Å². The molecule has 0 amide bonds. The lowest BCUT2D eigenvalue weighted by molar-refractivity contribution is -0.729. The summed E-state index contributed by atoms with van der Waals surface area (Å²) in [6.07, 6.45) is 8.44. The summed E-state index contributed by atoms with van der Waals surface area (Å²) in [4.78, 5) is 28.8. The van der Waals surface area contributed by atoms with Gasteiger partial charge in [-0.3, -0.25) is 0 Å². The lowest BCUT2D eigenvalue weighted by atomic mass is 10.2. The van der Waals surface area contributed by atoms with E-state index in [4.69, 9.17) is 0 Å². The van der Waals surface area contributed by atoms with Gasteiger partial charge in [-0.1, -0.05) is 24.3 Å². The molecule has 0 spiro atoms. The van der Waals surface area contributed by atoms with Crippen LogP contribution in [0.2, 0.25) is 0 Å². The fraction of sp³-hybridized carbons (Fsp3) is 0.0833. The van der Waals surface area contributed by atoms with Gasteiger partial charge in [0.25, 0.3) is 4.92 Å². The summed E-state index contributed by atoms with van der Waals surface area (Å²) in [6.45, 7) is 0. The van der Waals surface area contributed by atoms with Crippen LogP contribution in [0.3, 0.4) is 0 Å². The first kappa shape index (κ1) is 21.8. The number of imidazole rings is 2. The van der Waals surface area contributed by atoms with Crippen LogP contribution in [-0.2, 0) is 14.1 Å². The van der Waals surface area contributed by atoms with Gasteiger partial charge in [-0.15, -0.1) is 0 Å². The van der Waals surface area contributed by atoms with E-state index < -0.39 is 0 Å². The van der Waals surface area contributed by atoms with Crippen LogP contribution in [-0.4, -0.2) is 39.2 Å². The molecule has 0 radical (unpaired) electrons. The van der Waals surface area contributed by atoms with Crippen molar-refractivity contribution in [3.63, 3.8) is 0 Å². The van der Waals surface area contributed by atoms with Crippen molar-refractivity contribution in [1.29, 1.82) is 0 Å². The first-order chi connectivity index (χ1) is 17.0. The first-order valence-corrected chi connectivity index (χ1v) is 10.7. The van der Waals surface area contributed by atoms with Gasteiger partial charge in [0.2, 0.25) is 11.8 Å². The highest BCUT2D eigenvalue weighted by molar-refractivity contribution is 5.71. The second kappa shape index (κ2) is 9.06. The summed E-state index contributed by atoms with van der Waals surface area (Å²) < 4.78 is 3.83. The van der Waals surface area contributed by atoms with E-state index in [1.54, 1.807) is 12.4 Å². The highest BCUT2D eigenvalue weighted by atomic mass is 16.6. The van der Waals surface area contributed by atoms with Crippen molar-refractivity contribution in [2.75, 3.05) is 10.6 Å². The molecule has 174 valence electrons. The maximum absolute atomic E-state index is 11.7. The van der Waals surface area contributed by atoms with Crippen molar-refractivity contribution in [2.24, 2.45) is 14.1 Å². The second-order valence-electron chi connectivity index (χ2n) is 7.84. The molecule has 0 saturated carbocycles. The molecule has 0 aliphatic carbocycles. The number of anilines is 4. The summed E-state index contributed by atoms with van der Waals surface area (Å²) in [7, 11) is 3.83. The van der Waals surface area contributed by atoms with Crippen molar-refractivity contribution >= 4 is 28.8 Å². The predicted molar refractivity (Wildman–Crippen MR) is 131 cm³/mol. The smallest absolute Gasteiger partial charge is 0.334 e. The number of hydrogen-bond acceptors (Lipinski definition) is 7. The zero-order chi connectivity index (χ0) is 24.4. The molecule has 5 aromatic rings. The Morgan fingerprint density at radius 3 is 1.91 bits per heavy atom. The van der Waals surface area contributed by atoms with Gasteiger partial charge in [-0.05, 0) is 24.3 Å². The van der Waals surface area contributed by atoms with E-state index in [1.165, 1.54) is 6.20 Å². The lowest BCUT2D eigenvalue weighted by Gasteiger charge is -2.10. The number of nitrogens with zero attached hydrogens (tertiary/aromatic N) is 7. The van der Waals surface area contributed by atoms with Gasteiger partial charge >= 0.3 is 5.69 Å². The Hall–Kier alpha value is -5.06. The SMILES string of the molecule is Cn1ccnc1-c1cccc(Nc2ncc([N+](=O)O)c(Nc3cccc(-c4nccn4C)c3)n2)c1. The molecule has 0 aliphatic heterocycles. The zero-order valence-electron chi connectivity index (χ0n) is 19.0. The van der Waals surface area contributed by atoms with Gasteiger partial charge in [0.05, 0.1) is 4.91 Å². The molecule has 5 rings (SSSR count). The number of nitrogens with one attached hydrogen (secondary N) is 2. The van der Waals surface area contributed by atoms with Crippen molar-refractivity contribution in [3.8, 4) is 22.8 Å². The van der Waals surface area contributed by atoms with Crippen LogP contribution >= 0.6 is 0 Å². The molecule has 2 aromatic carbocycles. The van der Waals surface area contributed by atoms with Crippen molar-refractivity contribution in [1.82, 2.24) is 29.1 Å². The largest absolute Gasteiger partial charge is 0.376 e. The lowest BCUT2D eigenvalue weighted by Crippen LogP contribution is -2.06. The van der Waals surface area contributed by atoms with Gasteiger partial charge in [0, 0.05) is 61.4 Å². The summed E-state index contributed by atoms with van der Waals surface area (Å²) in [5, 5.41) is 15.8. The molecule has 3 heterocycles. The van der Waals surface area contributed by atoms with Gasteiger partial charge in [0.15, 0.2) is 0 Å². The maximum atomic E-state index is 11.7. The molecule has 3 aromatic heterocycles. The zero-order valence-corrected chi connectivity index (χ0v) is 19.0. The molecule has 0 atom stereocenters. The van der Waals surface area contributed by atoms with Crippen LogP contribution in [0, 0.1) is 4.91 Å². The fourth-order valence-electron chi connectivity index (χ4n) is 3.69. The third kappa shape index (κ3) is 4.55. The van der Waals surface area contributed by atoms with Crippen molar-refractivity contribution in [3.05, 3.63) is 84.4 Å². The summed E-state index contributed by atoms with van der Waals surface area (Å²) in [6, 6.07) is 15.2. The van der Waals surface area contributed by atoms with Crippen LogP contribution in [0.25, 0.3) is 22.8 Å². The third-order valence-corrected chi connectivity index (χ3v) is 5.38. The fourth-order valence-corrected chi connectivity index (χ4v) is 3.69. The molecule has 35 heavy (non-hydrogen) atoms. The van der Waals surface area contributed by atoms with Crippen molar-refractivity contribution < 1.29 is 10.1 Å². The average molecular weight is 469 g/mol. The molecule has 11 heteroatoms. The van der Waals surface area contributed by atoms with Gasteiger partial charge in [-0.25, -0.2) is 20.2 Å². The highest BCUT2D eigenvalue weighted by Crippen LogP contribution is 2.29. The molecule has 0 saturated heterocycles. The van der Waals surface area contributed by atoms with Crippen LogP contribution < -0.4 is 10.6 Å². The Morgan fingerprint density at radius 1 is 0.829 bits per heavy atom. The third-order valence-electron chi connectivity index (χ3n) is 5.38. The molecule has 0 bridgehead atoms. The van der Waals surface area contributed by atoms with Crippen LogP contribution in [0.4, 0.5) is 28.8 Å². The van der Waals surface area contributed by atoms with Crippen molar-refractivity contribution in [2.45, 2.75) is 0 Å². The molecule has 0 fully saturated rings. The van der Waals surface area contributed by atoms with Crippen LogP contribution in [0.1, 0.15) is 0 Å².